The number of hydrogen-bond acceptors (Lipinski definition) is 3. The van der Waals surface area contributed by atoms with Gasteiger partial charge < -0.3 is 4.79 Å². The normalized spacial score (nSPS) is 8.42. The fraction of sp³-hybridized carbons (Fsp3) is 0.125. The quantitative estimate of drug-likeness (QED) is 0.480. The summed E-state index contributed by atoms with van der Waals surface area (Å²) in [4.78, 5) is 17.5. The van der Waals surface area contributed by atoms with E-state index >= 15 is 0 Å². The van der Waals surface area contributed by atoms with E-state index in [2.05, 4.69) is 21.8 Å². The van der Waals surface area contributed by atoms with Crippen molar-refractivity contribution in [1.82, 2.24) is 9.97 Å². The maximum absolute atomic E-state index is 9.88. The van der Waals surface area contributed by atoms with Crippen LogP contribution in [0.2, 0.25) is 5.02 Å². The molecule has 12 heavy (non-hydrogen) atoms. The third kappa shape index (κ3) is 2.69. The van der Waals surface area contributed by atoms with E-state index in [-0.39, 0.29) is 6.42 Å². The van der Waals surface area contributed by atoms with Crippen molar-refractivity contribution in [3.05, 3.63) is 23.2 Å². The van der Waals surface area contributed by atoms with E-state index in [0.29, 0.717) is 10.8 Å². The van der Waals surface area contributed by atoms with Crippen molar-refractivity contribution in [2.75, 3.05) is 0 Å². The van der Waals surface area contributed by atoms with Gasteiger partial charge in [0.2, 0.25) is 5.82 Å². The zero-order chi connectivity index (χ0) is 8.81. The lowest BCUT2D eigenvalue weighted by molar-refractivity contribution is -0.107. The first-order valence-corrected chi connectivity index (χ1v) is 3.61. The Morgan fingerprint density at radius 1 is 1.50 bits per heavy atom. The molecule has 0 saturated heterocycles. The number of carbonyl (C=O) groups excluding carboxylic acids is 1. The van der Waals surface area contributed by atoms with Crippen LogP contribution < -0.4 is 0 Å². The van der Waals surface area contributed by atoms with E-state index in [9.17, 15) is 4.79 Å². The van der Waals surface area contributed by atoms with Crippen molar-refractivity contribution in [2.45, 2.75) is 6.42 Å². The predicted octanol–water partition coefficient (Wildman–Crippen LogP) is 1.07. The summed E-state index contributed by atoms with van der Waals surface area (Å²) in [7, 11) is 0. The van der Waals surface area contributed by atoms with Crippen LogP contribution in [-0.4, -0.2) is 16.3 Å². The predicted molar refractivity (Wildman–Crippen MR) is 44.6 cm³/mol. The van der Waals surface area contributed by atoms with Crippen LogP contribution in [0.15, 0.2) is 12.4 Å². The maximum Gasteiger partial charge on any atom is 0.204 e. The number of halogens is 1. The van der Waals surface area contributed by atoms with Crippen LogP contribution in [-0.2, 0) is 4.79 Å². The molecule has 0 amide bonds. The van der Waals surface area contributed by atoms with E-state index in [1.54, 1.807) is 0 Å². The Morgan fingerprint density at radius 2 is 2.17 bits per heavy atom. The minimum absolute atomic E-state index is 0.200. The second-order valence-corrected chi connectivity index (χ2v) is 2.33. The molecule has 0 atom stereocenters. The van der Waals surface area contributed by atoms with Crippen LogP contribution in [0.1, 0.15) is 12.2 Å². The molecule has 3 nitrogen and oxygen atoms in total. The van der Waals surface area contributed by atoms with Gasteiger partial charge in [-0.2, -0.15) is 0 Å². The van der Waals surface area contributed by atoms with Crippen molar-refractivity contribution in [3.8, 4) is 11.8 Å². The van der Waals surface area contributed by atoms with Crippen molar-refractivity contribution < 1.29 is 4.79 Å². The van der Waals surface area contributed by atoms with Gasteiger partial charge in [-0.05, 0) is 5.92 Å². The van der Waals surface area contributed by atoms with Gasteiger partial charge in [0, 0.05) is 0 Å². The fourth-order valence-electron chi connectivity index (χ4n) is 0.549. The molecule has 0 aliphatic carbocycles. The van der Waals surface area contributed by atoms with Crippen LogP contribution >= 0.6 is 11.6 Å². The van der Waals surface area contributed by atoms with Gasteiger partial charge >= 0.3 is 0 Å². The van der Waals surface area contributed by atoms with Crippen molar-refractivity contribution in [2.24, 2.45) is 0 Å². The molecule has 0 spiro atoms. The molecule has 1 aromatic heterocycles. The molecule has 1 aromatic rings. The number of aromatic nitrogens is 2. The molecule has 60 valence electrons. The lowest BCUT2D eigenvalue weighted by Crippen LogP contribution is -1.86. The minimum atomic E-state index is 0.200. The Labute approximate surface area is 74.8 Å². The van der Waals surface area contributed by atoms with Gasteiger partial charge in [-0.1, -0.05) is 17.5 Å². The average molecular weight is 181 g/mol. The zero-order valence-electron chi connectivity index (χ0n) is 6.12. The van der Waals surface area contributed by atoms with Gasteiger partial charge in [0.15, 0.2) is 0 Å². The number of rotatable bonds is 1. The average Bonchev–Trinajstić information content (AvgIpc) is 2.09. The minimum Gasteiger partial charge on any atom is -0.302 e. The highest BCUT2D eigenvalue weighted by molar-refractivity contribution is 6.30. The van der Waals surface area contributed by atoms with Crippen LogP contribution in [0, 0.1) is 11.8 Å². The number of hydrogen-bond donors (Lipinski definition) is 0. The number of aldehydes is 1. The van der Waals surface area contributed by atoms with E-state index < -0.39 is 0 Å². The van der Waals surface area contributed by atoms with Gasteiger partial charge in [0.25, 0.3) is 0 Å². The number of nitrogens with zero attached hydrogens (tertiary/aromatic N) is 2. The molecular weight excluding hydrogens is 176 g/mol. The highest BCUT2D eigenvalue weighted by atomic mass is 35.5. The smallest absolute Gasteiger partial charge is 0.204 e. The summed E-state index contributed by atoms with van der Waals surface area (Å²) >= 11 is 5.54. The molecular formula is C8H5ClN2O. The summed E-state index contributed by atoms with van der Waals surface area (Å²) in [5, 5.41) is 0.468. The van der Waals surface area contributed by atoms with Gasteiger partial charge in [0.1, 0.15) is 6.29 Å². The highest BCUT2D eigenvalue weighted by Gasteiger charge is 1.89. The Morgan fingerprint density at radius 3 is 2.75 bits per heavy atom. The van der Waals surface area contributed by atoms with Gasteiger partial charge in [-0.15, -0.1) is 0 Å². The fourth-order valence-corrected chi connectivity index (χ4v) is 0.646. The van der Waals surface area contributed by atoms with Crippen molar-refractivity contribution in [3.63, 3.8) is 0 Å². The van der Waals surface area contributed by atoms with E-state index in [1.165, 1.54) is 12.4 Å². The van der Waals surface area contributed by atoms with Crippen LogP contribution in [0.5, 0.6) is 0 Å². The second-order valence-electron chi connectivity index (χ2n) is 1.90. The monoisotopic (exact) mass is 180 g/mol. The van der Waals surface area contributed by atoms with E-state index in [4.69, 9.17) is 11.6 Å². The van der Waals surface area contributed by atoms with E-state index in [1.807, 2.05) is 0 Å². The van der Waals surface area contributed by atoms with Crippen LogP contribution in [0.25, 0.3) is 0 Å². The summed E-state index contributed by atoms with van der Waals surface area (Å²) < 4.78 is 0. The van der Waals surface area contributed by atoms with Gasteiger partial charge in [-0.3, -0.25) is 0 Å². The molecule has 0 fully saturated rings. The molecule has 0 bridgehead atoms. The Kier molecular flexibility index (Phi) is 3.24. The molecule has 0 aromatic carbocycles. The molecule has 0 radical (unpaired) electrons. The third-order valence-electron chi connectivity index (χ3n) is 1.01. The topological polar surface area (TPSA) is 42.9 Å². The SMILES string of the molecule is O=CCC#Cc1ncc(Cl)cn1. The Bertz CT molecular complexity index is 323. The molecule has 0 aliphatic rings. The zero-order valence-corrected chi connectivity index (χ0v) is 6.88. The van der Waals surface area contributed by atoms with Crippen molar-refractivity contribution in [1.29, 1.82) is 0 Å². The van der Waals surface area contributed by atoms with E-state index in [0.717, 1.165) is 6.29 Å². The summed E-state index contributed by atoms with van der Waals surface area (Å²) in [5.41, 5.74) is 0. The van der Waals surface area contributed by atoms with Crippen LogP contribution in [0.4, 0.5) is 0 Å². The maximum atomic E-state index is 9.88. The summed E-state index contributed by atoms with van der Waals surface area (Å²) in [5.74, 6) is 5.57. The molecule has 0 N–H and O–H groups in total. The first-order chi connectivity index (χ1) is 5.83. The van der Waals surface area contributed by atoms with Gasteiger partial charge in [0.05, 0.1) is 23.8 Å². The molecule has 1 heterocycles. The lowest BCUT2D eigenvalue weighted by Gasteiger charge is -1.87. The molecule has 0 saturated carbocycles. The Balaban J connectivity index is 2.72. The highest BCUT2D eigenvalue weighted by Crippen LogP contribution is 2.01. The molecule has 1 rings (SSSR count). The second kappa shape index (κ2) is 4.47. The number of carbonyl (C=O) groups is 1. The molecule has 0 unspecified atom stereocenters. The summed E-state index contributed by atoms with van der Waals surface area (Å²) in [6.07, 6.45) is 3.84. The standard InChI is InChI=1S/C8H5ClN2O/c9-7-5-10-8(11-6-7)3-1-2-4-12/h4-6H,2H2. The largest absolute Gasteiger partial charge is 0.302 e. The Hall–Kier alpha value is -1.40. The third-order valence-corrected chi connectivity index (χ3v) is 1.20. The summed E-state index contributed by atoms with van der Waals surface area (Å²) in [6.45, 7) is 0. The van der Waals surface area contributed by atoms with Crippen LogP contribution in [0.3, 0.4) is 0 Å². The molecule has 0 aliphatic heterocycles. The first-order valence-electron chi connectivity index (χ1n) is 3.23. The molecule has 4 heteroatoms. The summed E-state index contributed by atoms with van der Waals surface area (Å²) in [6, 6.07) is 0. The van der Waals surface area contributed by atoms with Gasteiger partial charge in [-0.25, -0.2) is 9.97 Å². The van der Waals surface area contributed by atoms with Crippen molar-refractivity contribution >= 4 is 17.9 Å². The first kappa shape index (κ1) is 8.69. The lowest BCUT2D eigenvalue weighted by atomic mass is 10.4.